The number of cyclic esters (lactones) is 1. The summed E-state index contributed by atoms with van der Waals surface area (Å²) in [7, 11) is 0. The van der Waals surface area contributed by atoms with Gasteiger partial charge in [0.2, 0.25) is 0 Å². The Labute approximate surface area is 102 Å². The molecule has 1 saturated heterocycles. The van der Waals surface area contributed by atoms with Crippen LogP contribution < -0.4 is 5.73 Å². The summed E-state index contributed by atoms with van der Waals surface area (Å²) in [6.45, 7) is 1.57. The van der Waals surface area contributed by atoms with Gasteiger partial charge in [0, 0.05) is 17.1 Å². The van der Waals surface area contributed by atoms with Crippen molar-refractivity contribution in [2.24, 2.45) is 5.73 Å². The second kappa shape index (κ2) is 4.84. The Morgan fingerprint density at radius 1 is 1.50 bits per heavy atom. The van der Waals surface area contributed by atoms with Crippen molar-refractivity contribution in [2.75, 3.05) is 19.7 Å². The molecule has 1 aliphatic rings. The van der Waals surface area contributed by atoms with Gasteiger partial charge in [-0.05, 0) is 11.6 Å². The standard InChI is InChI=1S/C11H13BrN2O2/c12-9-4-2-1-3-8(9)10(13)7-14-5-6-16-11(14)15/h1-4,10H,5-7,13H2. The highest BCUT2D eigenvalue weighted by Gasteiger charge is 2.24. The Morgan fingerprint density at radius 2 is 2.25 bits per heavy atom. The first kappa shape index (κ1) is 11.4. The minimum Gasteiger partial charge on any atom is -0.448 e. The number of benzene rings is 1. The van der Waals surface area contributed by atoms with E-state index in [9.17, 15) is 4.79 Å². The molecule has 0 bridgehead atoms. The summed E-state index contributed by atoms with van der Waals surface area (Å²) in [5.74, 6) is 0. The topological polar surface area (TPSA) is 55.6 Å². The van der Waals surface area contributed by atoms with Gasteiger partial charge in [-0.3, -0.25) is 0 Å². The van der Waals surface area contributed by atoms with E-state index in [1.807, 2.05) is 24.3 Å². The predicted molar refractivity (Wildman–Crippen MR) is 64.0 cm³/mol. The van der Waals surface area contributed by atoms with Crippen molar-refractivity contribution in [3.05, 3.63) is 34.3 Å². The first-order valence-corrected chi connectivity index (χ1v) is 5.89. The molecular formula is C11H13BrN2O2. The molecule has 1 aliphatic heterocycles. The van der Waals surface area contributed by atoms with E-state index in [1.54, 1.807) is 4.90 Å². The van der Waals surface area contributed by atoms with Crippen LogP contribution in [0.2, 0.25) is 0 Å². The van der Waals surface area contributed by atoms with Crippen LogP contribution in [0.5, 0.6) is 0 Å². The zero-order valence-corrected chi connectivity index (χ0v) is 10.3. The summed E-state index contributed by atoms with van der Waals surface area (Å²) in [6.07, 6.45) is -0.275. The van der Waals surface area contributed by atoms with Crippen LogP contribution in [0.25, 0.3) is 0 Å². The highest BCUT2D eigenvalue weighted by molar-refractivity contribution is 9.10. The molecule has 0 saturated carbocycles. The number of nitrogens with zero attached hydrogens (tertiary/aromatic N) is 1. The highest BCUT2D eigenvalue weighted by Crippen LogP contribution is 2.22. The second-order valence-electron chi connectivity index (χ2n) is 3.69. The fourth-order valence-corrected chi connectivity index (χ4v) is 2.28. The monoisotopic (exact) mass is 284 g/mol. The van der Waals surface area contributed by atoms with Crippen molar-refractivity contribution in [3.8, 4) is 0 Å². The Kier molecular flexibility index (Phi) is 3.46. The SMILES string of the molecule is NC(CN1CCOC1=O)c1ccccc1Br. The first-order valence-electron chi connectivity index (χ1n) is 5.10. The van der Waals surface area contributed by atoms with Crippen molar-refractivity contribution in [2.45, 2.75) is 6.04 Å². The first-order chi connectivity index (χ1) is 7.68. The fourth-order valence-electron chi connectivity index (χ4n) is 1.70. The lowest BCUT2D eigenvalue weighted by atomic mass is 10.1. The number of hydrogen-bond acceptors (Lipinski definition) is 3. The van der Waals surface area contributed by atoms with Gasteiger partial charge in [0.25, 0.3) is 0 Å². The molecule has 1 unspecified atom stereocenters. The van der Waals surface area contributed by atoms with Crippen LogP contribution in [0.1, 0.15) is 11.6 Å². The van der Waals surface area contributed by atoms with Crippen LogP contribution in [-0.2, 0) is 4.74 Å². The minimum absolute atomic E-state index is 0.193. The van der Waals surface area contributed by atoms with Crippen molar-refractivity contribution < 1.29 is 9.53 Å². The van der Waals surface area contributed by atoms with E-state index in [4.69, 9.17) is 10.5 Å². The molecule has 0 aromatic heterocycles. The molecule has 0 aliphatic carbocycles. The average molecular weight is 285 g/mol. The van der Waals surface area contributed by atoms with Crippen molar-refractivity contribution in [1.82, 2.24) is 4.90 Å². The molecular weight excluding hydrogens is 272 g/mol. The van der Waals surface area contributed by atoms with Crippen LogP contribution in [0.3, 0.4) is 0 Å². The smallest absolute Gasteiger partial charge is 0.410 e. The van der Waals surface area contributed by atoms with Crippen LogP contribution in [0.4, 0.5) is 4.79 Å². The van der Waals surface area contributed by atoms with Crippen LogP contribution >= 0.6 is 15.9 Å². The third-order valence-corrected chi connectivity index (χ3v) is 3.29. The van der Waals surface area contributed by atoms with E-state index >= 15 is 0 Å². The van der Waals surface area contributed by atoms with Crippen molar-refractivity contribution >= 4 is 22.0 Å². The normalized spacial score (nSPS) is 17.4. The molecule has 1 atom stereocenters. The summed E-state index contributed by atoms with van der Waals surface area (Å²) in [5.41, 5.74) is 7.06. The number of halogens is 1. The largest absolute Gasteiger partial charge is 0.448 e. The van der Waals surface area contributed by atoms with Gasteiger partial charge in [0.05, 0.1) is 6.54 Å². The molecule has 2 N–H and O–H groups in total. The molecule has 1 aromatic carbocycles. The predicted octanol–water partition coefficient (Wildman–Crippen LogP) is 1.90. The van der Waals surface area contributed by atoms with E-state index in [0.717, 1.165) is 10.0 Å². The summed E-state index contributed by atoms with van der Waals surface area (Å²) in [5, 5.41) is 0. The number of carbonyl (C=O) groups excluding carboxylic acids is 1. The van der Waals surface area contributed by atoms with Gasteiger partial charge >= 0.3 is 6.09 Å². The summed E-state index contributed by atoms with van der Waals surface area (Å²) < 4.78 is 5.82. The number of rotatable bonds is 3. The van der Waals surface area contributed by atoms with Crippen molar-refractivity contribution in [3.63, 3.8) is 0 Å². The van der Waals surface area contributed by atoms with E-state index in [2.05, 4.69) is 15.9 Å². The summed E-state index contributed by atoms with van der Waals surface area (Å²) in [4.78, 5) is 12.9. The number of nitrogens with two attached hydrogens (primary N) is 1. The van der Waals surface area contributed by atoms with Gasteiger partial charge in [-0.1, -0.05) is 34.1 Å². The molecule has 1 aromatic rings. The van der Waals surface area contributed by atoms with Crippen LogP contribution in [-0.4, -0.2) is 30.7 Å². The fraction of sp³-hybridized carbons (Fsp3) is 0.364. The van der Waals surface area contributed by atoms with Gasteiger partial charge in [0.1, 0.15) is 6.61 Å². The van der Waals surface area contributed by atoms with Gasteiger partial charge in [0.15, 0.2) is 0 Å². The third kappa shape index (κ3) is 2.36. The quantitative estimate of drug-likeness (QED) is 0.922. The lowest BCUT2D eigenvalue weighted by Gasteiger charge is -2.19. The van der Waals surface area contributed by atoms with E-state index in [1.165, 1.54) is 0 Å². The lowest BCUT2D eigenvalue weighted by molar-refractivity contribution is 0.157. The van der Waals surface area contributed by atoms with Crippen LogP contribution in [0, 0.1) is 0 Å². The molecule has 0 spiro atoms. The van der Waals surface area contributed by atoms with Gasteiger partial charge in [-0.25, -0.2) is 4.79 Å². The number of hydrogen-bond donors (Lipinski definition) is 1. The maximum absolute atomic E-state index is 11.3. The van der Waals surface area contributed by atoms with Gasteiger partial charge < -0.3 is 15.4 Å². The van der Waals surface area contributed by atoms with Crippen molar-refractivity contribution in [1.29, 1.82) is 0 Å². The Bertz CT molecular complexity index is 397. The average Bonchev–Trinajstić information content (AvgIpc) is 2.65. The molecule has 86 valence electrons. The summed E-state index contributed by atoms with van der Waals surface area (Å²) >= 11 is 3.45. The van der Waals surface area contributed by atoms with E-state index < -0.39 is 0 Å². The zero-order valence-electron chi connectivity index (χ0n) is 8.73. The molecule has 1 heterocycles. The molecule has 0 radical (unpaired) electrons. The second-order valence-corrected chi connectivity index (χ2v) is 4.54. The van der Waals surface area contributed by atoms with Crippen LogP contribution in [0.15, 0.2) is 28.7 Å². The minimum atomic E-state index is -0.275. The number of amides is 1. The molecule has 1 fully saturated rings. The lowest BCUT2D eigenvalue weighted by Crippen LogP contribution is -2.32. The van der Waals surface area contributed by atoms with E-state index in [-0.39, 0.29) is 12.1 Å². The van der Waals surface area contributed by atoms with Gasteiger partial charge in [-0.2, -0.15) is 0 Å². The third-order valence-electron chi connectivity index (χ3n) is 2.57. The highest BCUT2D eigenvalue weighted by atomic mass is 79.9. The zero-order chi connectivity index (χ0) is 11.5. The molecule has 2 rings (SSSR count). The molecule has 16 heavy (non-hydrogen) atoms. The Balaban J connectivity index is 2.05. The molecule has 5 heteroatoms. The number of carbonyl (C=O) groups is 1. The Morgan fingerprint density at radius 3 is 2.88 bits per heavy atom. The van der Waals surface area contributed by atoms with Gasteiger partial charge in [-0.15, -0.1) is 0 Å². The molecule has 4 nitrogen and oxygen atoms in total. The maximum Gasteiger partial charge on any atom is 0.410 e. The maximum atomic E-state index is 11.3. The van der Waals surface area contributed by atoms with E-state index in [0.29, 0.717) is 19.7 Å². The Hall–Kier alpha value is -1.07. The number of ether oxygens (including phenoxy) is 1. The molecule has 1 amide bonds. The summed E-state index contributed by atoms with van der Waals surface area (Å²) in [6, 6.07) is 7.57.